The summed E-state index contributed by atoms with van der Waals surface area (Å²) in [5, 5.41) is 2.76. The molecular weight excluding hydrogens is 358 g/mol. The summed E-state index contributed by atoms with van der Waals surface area (Å²) in [6, 6.07) is 9.83. The number of carbonyl (C=O) groups is 3. The monoisotopic (exact) mass is 374 g/mol. The number of nitrogens with one attached hydrogen (secondary N) is 1. The second-order valence-electron chi connectivity index (χ2n) is 6.07. The number of rotatable bonds is 5. The number of amides is 3. The summed E-state index contributed by atoms with van der Waals surface area (Å²) in [5.41, 5.74) is 1.39. The van der Waals surface area contributed by atoms with Crippen LogP contribution >= 0.6 is 0 Å². The van der Waals surface area contributed by atoms with Crippen molar-refractivity contribution in [3.8, 4) is 5.75 Å². The third kappa shape index (κ3) is 3.64. The Morgan fingerprint density at radius 3 is 2.30 bits per heavy atom. The summed E-state index contributed by atoms with van der Waals surface area (Å²) in [4.78, 5) is 37.4. The highest BCUT2D eigenvalue weighted by Crippen LogP contribution is 2.24. The fraction of sp³-hybridized carbons (Fsp3) is 0.211. The molecule has 3 amide bonds. The van der Waals surface area contributed by atoms with Crippen molar-refractivity contribution in [1.82, 2.24) is 10.2 Å². The fourth-order valence-electron chi connectivity index (χ4n) is 2.80. The van der Waals surface area contributed by atoms with E-state index >= 15 is 0 Å². The van der Waals surface area contributed by atoms with E-state index in [4.69, 9.17) is 0 Å². The van der Waals surface area contributed by atoms with Gasteiger partial charge in [0.2, 0.25) is 0 Å². The number of alkyl halides is 2. The molecule has 0 fully saturated rings. The topological polar surface area (TPSA) is 75.7 Å². The molecule has 1 aliphatic rings. The van der Waals surface area contributed by atoms with Gasteiger partial charge in [-0.3, -0.25) is 19.3 Å². The maximum absolute atomic E-state index is 12.5. The lowest BCUT2D eigenvalue weighted by Gasteiger charge is -2.15. The van der Waals surface area contributed by atoms with Crippen molar-refractivity contribution in [1.29, 1.82) is 0 Å². The molecule has 2 aromatic carbocycles. The van der Waals surface area contributed by atoms with Crippen LogP contribution in [0.25, 0.3) is 0 Å². The number of nitrogens with zero attached hydrogens (tertiary/aromatic N) is 1. The molecule has 0 saturated carbocycles. The summed E-state index contributed by atoms with van der Waals surface area (Å²) in [7, 11) is 1.38. The average molecular weight is 374 g/mol. The lowest BCUT2D eigenvalue weighted by molar-refractivity contribution is -0.0498. The minimum absolute atomic E-state index is 0.0261. The van der Waals surface area contributed by atoms with Gasteiger partial charge < -0.3 is 10.1 Å². The third-order valence-electron chi connectivity index (χ3n) is 4.30. The third-order valence-corrected chi connectivity index (χ3v) is 4.30. The van der Waals surface area contributed by atoms with E-state index in [1.807, 2.05) is 0 Å². The van der Waals surface area contributed by atoms with Crippen molar-refractivity contribution in [2.75, 3.05) is 7.05 Å². The SMILES string of the molecule is C[C@@H](NC(=O)c1ccc2c(c1)C(=O)N(C)C2=O)c1ccc(OC(F)F)cc1. The van der Waals surface area contributed by atoms with Gasteiger partial charge in [0.1, 0.15) is 5.75 Å². The molecule has 3 rings (SSSR count). The Morgan fingerprint density at radius 2 is 1.67 bits per heavy atom. The van der Waals surface area contributed by atoms with Gasteiger partial charge in [0.05, 0.1) is 17.2 Å². The molecule has 0 aromatic heterocycles. The second-order valence-corrected chi connectivity index (χ2v) is 6.07. The largest absolute Gasteiger partial charge is 0.435 e. The van der Waals surface area contributed by atoms with Gasteiger partial charge in [0, 0.05) is 12.6 Å². The van der Waals surface area contributed by atoms with E-state index in [2.05, 4.69) is 10.1 Å². The predicted octanol–water partition coefficient (Wildman–Crippen LogP) is 3.00. The molecule has 6 nitrogen and oxygen atoms in total. The zero-order valence-electron chi connectivity index (χ0n) is 14.5. The molecule has 0 bridgehead atoms. The van der Waals surface area contributed by atoms with Crippen LogP contribution in [0.5, 0.6) is 5.75 Å². The van der Waals surface area contributed by atoms with E-state index in [1.54, 1.807) is 19.1 Å². The Hall–Kier alpha value is -3.29. The number of fused-ring (bicyclic) bond motifs is 1. The van der Waals surface area contributed by atoms with Crippen LogP contribution in [0.15, 0.2) is 42.5 Å². The van der Waals surface area contributed by atoms with Crippen LogP contribution in [0.3, 0.4) is 0 Å². The first-order valence-electron chi connectivity index (χ1n) is 8.10. The van der Waals surface area contributed by atoms with Gasteiger partial charge in [-0.1, -0.05) is 12.1 Å². The number of hydrogen-bond donors (Lipinski definition) is 1. The standard InChI is InChI=1S/C19H16F2N2O4/c1-10(11-3-6-13(7-4-11)27-19(20)21)22-16(24)12-5-8-14-15(9-12)18(26)23(2)17(14)25/h3-10,19H,1-2H3,(H,22,24)/t10-/m1/s1. The molecule has 140 valence electrons. The van der Waals surface area contributed by atoms with Crippen LogP contribution < -0.4 is 10.1 Å². The first-order chi connectivity index (χ1) is 12.8. The average Bonchev–Trinajstić information content (AvgIpc) is 2.85. The van der Waals surface area contributed by atoms with Crippen LogP contribution in [-0.4, -0.2) is 36.3 Å². The highest BCUT2D eigenvalue weighted by atomic mass is 19.3. The summed E-state index contributed by atoms with van der Waals surface area (Å²) in [6.07, 6.45) is 0. The fourth-order valence-corrected chi connectivity index (χ4v) is 2.80. The van der Waals surface area contributed by atoms with Gasteiger partial charge in [-0.05, 0) is 42.8 Å². The Balaban J connectivity index is 1.72. The molecule has 1 heterocycles. The summed E-state index contributed by atoms with van der Waals surface area (Å²) < 4.78 is 28.7. The van der Waals surface area contributed by atoms with Gasteiger partial charge in [-0.15, -0.1) is 0 Å². The molecule has 0 aliphatic carbocycles. The Kier molecular flexibility index (Phi) is 4.89. The molecular formula is C19H16F2N2O4. The number of halogens is 2. The van der Waals surface area contributed by atoms with Gasteiger partial charge in [0.15, 0.2) is 0 Å². The number of ether oxygens (including phenoxy) is 1. The van der Waals surface area contributed by atoms with E-state index in [1.165, 1.54) is 37.4 Å². The first-order valence-corrected chi connectivity index (χ1v) is 8.10. The number of benzene rings is 2. The van der Waals surface area contributed by atoms with E-state index in [0.29, 0.717) is 5.56 Å². The van der Waals surface area contributed by atoms with Crippen molar-refractivity contribution in [2.45, 2.75) is 19.6 Å². The van der Waals surface area contributed by atoms with E-state index in [9.17, 15) is 23.2 Å². The van der Waals surface area contributed by atoms with E-state index < -0.39 is 30.4 Å². The lowest BCUT2D eigenvalue weighted by atomic mass is 10.0. The quantitative estimate of drug-likeness (QED) is 0.817. The van der Waals surface area contributed by atoms with Crippen LogP contribution in [0, 0.1) is 0 Å². The predicted molar refractivity (Wildman–Crippen MR) is 91.8 cm³/mol. The maximum atomic E-state index is 12.5. The maximum Gasteiger partial charge on any atom is 0.387 e. The first kappa shape index (κ1) is 18.5. The Bertz CT molecular complexity index is 912. The van der Waals surface area contributed by atoms with Crippen molar-refractivity contribution in [2.24, 2.45) is 0 Å². The minimum atomic E-state index is -2.90. The molecule has 0 radical (unpaired) electrons. The molecule has 0 saturated heterocycles. The normalized spacial score (nSPS) is 14.3. The zero-order chi connectivity index (χ0) is 19.7. The Morgan fingerprint density at radius 1 is 1.04 bits per heavy atom. The second kappa shape index (κ2) is 7.14. The zero-order valence-corrected chi connectivity index (χ0v) is 14.5. The molecule has 1 N–H and O–H groups in total. The molecule has 1 aliphatic heterocycles. The molecule has 1 atom stereocenters. The molecule has 0 unspecified atom stereocenters. The molecule has 2 aromatic rings. The van der Waals surface area contributed by atoms with Gasteiger partial charge in [-0.25, -0.2) is 0 Å². The summed E-state index contributed by atoms with van der Waals surface area (Å²) >= 11 is 0. The van der Waals surface area contributed by atoms with Gasteiger partial charge >= 0.3 is 6.61 Å². The smallest absolute Gasteiger partial charge is 0.387 e. The minimum Gasteiger partial charge on any atom is -0.435 e. The number of hydrogen-bond acceptors (Lipinski definition) is 4. The number of carbonyl (C=O) groups excluding carboxylic acids is 3. The molecule has 8 heteroatoms. The van der Waals surface area contributed by atoms with Crippen molar-refractivity contribution in [3.05, 3.63) is 64.7 Å². The van der Waals surface area contributed by atoms with Crippen LogP contribution in [-0.2, 0) is 0 Å². The highest BCUT2D eigenvalue weighted by molar-refractivity contribution is 6.21. The van der Waals surface area contributed by atoms with E-state index in [-0.39, 0.29) is 22.4 Å². The van der Waals surface area contributed by atoms with Crippen LogP contribution in [0.2, 0.25) is 0 Å². The van der Waals surface area contributed by atoms with Crippen molar-refractivity contribution >= 4 is 17.7 Å². The lowest BCUT2D eigenvalue weighted by Crippen LogP contribution is -2.27. The van der Waals surface area contributed by atoms with E-state index in [0.717, 1.165) is 4.90 Å². The van der Waals surface area contributed by atoms with Crippen molar-refractivity contribution in [3.63, 3.8) is 0 Å². The Labute approximate surface area is 153 Å². The van der Waals surface area contributed by atoms with Gasteiger partial charge in [-0.2, -0.15) is 8.78 Å². The summed E-state index contributed by atoms with van der Waals surface area (Å²) in [6.45, 7) is -1.17. The molecule has 0 spiro atoms. The summed E-state index contributed by atoms with van der Waals surface area (Å²) in [5.74, 6) is -1.25. The van der Waals surface area contributed by atoms with Crippen LogP contribution in [0.4, 0.5) is 8.78 Å². The van der Waals surface area contributed by atoms with Gasteiger partial charge in [0.25, 0.3) is 17.7 Å². The highest BCUT2D eigenvalue weighted by Gasteiger charge is 2.33. The number of imide groups is 1. The van der Waals surface area contributed by atoms with Crippen molar-refractivity contribution < 1.29 is 27.9 Å². The van der Waals surface area contributed by atoms with Crippen LogP contribution in [0.1, 0.15) is 49.6 Å². The molecule has 27 heavy (non-hydrogen) atoms.